The number of aromatic carboxylic acids is 1. The number of alkyl carbamates (subject to hydrolysis) is 1. The van der Waals surface area contributed by atoms with Crippen LogP contribution in [0.5, 0.6) is 0 Å². The molecule has 0 radical (unpaired) electrons. The van der Waals surface area contributed by atoms with Crippen LogP contribution in [-0.2, 0) is 17.8 Å². The fourth-order valence-electron chi connectivity index (χ4n) is 4.51. The van der Waals surface area contributed by atoms with E-state index in [4.69, 9.17) is 21.4 Å². The summed E-state index contributed by atoms with van der Waals surface area (Å²) in [6.45, 7) is 10.1. The van der Waals surface area contributed by atoms with Gasteiger partial charge in [0.1, 0.15) is 5.60 Å². The first-order valence-electron chi connectivity index (χ1n) is 12.7. The van der Waals surface area contributed by atoms with Gasteiger partial charge in [-0.15, -0.1) is 0 Å². The average molecular weight is 536 g/mol. The van der Waals surface area contributed by atoms with Crippen LogP contribution in [0.2, 0.25) is 5.02 Å². The Morgan fingerprint density at radius 1 is 0.947 bits per heavy atom. The van der Waals surface area contributed by atoms with Crippen LogP contribution < -0.4 is 10.2 Å². The Hall–Kier alpha value is -3.55. The molecule has 1 heterocycles. The van der Waals surface area contributed by atoms with E-state index < -0.39 is 17.7 Å². The lowest BCUT2D eigenvalue weighted by atomic mass is 9.96. The molecular weight excluding hydrogens is 502 g/mol. The molecule has 1 saturated heterocycles. The highest BCUT2D eigenvalue weighted by atomic mass is 35.5. The van der Waals surface area contributed by atoms with Crippen LogP contribution in [0, 0.1) is 0 Å². The molecule has 2 N–H and O–H groups in total. The number of amides is 1. The normalized spacial score (nSPS) is 14.3. The van der Waals surface area contributed by atoms with E-state index in [1.807, 2.05) is 63.2 Å². The lowest BCUT2D eigenvalue weighted by Crippen LogP contribution is -2.46. The number of carbonyl (C=O) groups excluding carboxylic acids is 1. The van der Waals surface area contributed by atoms with Crippen LogP contribution in [0.25, 0.3) is 11.1 Å². The highest BCUT2D eigenvalue weighted by Crippen LogP contribution is 2.28. The van der Waals surface area contributed by atoms with Crippen LogP contribution >= 0.6 is 11.6 Å². The second-order valence-electron chi connectivity index (χ2n) is 10.5. The van der Waals surface area contributed by atoms with Crippen molar-refractivity contribution in [3.63, 3.8) is 0 Å². The van der Waals surface area contributed by atoms with Gasteiger partial charge in [0.05, 0.1) is 5.56 Å². The number of nitrogens with one attached hydrogen (secondary N) is 1. The molecule has 0 spiro atoms. The quantitative estimate of drug-likeness (QED) is 0.383. The van der Waals surface area contributed by atoms with Crippen molar-refractivity contribution in [2.45, 2.75) is 39.5 Å². The molecule has 1 fully saturated rings. The second-order valence-corrected chi connectivity index (χ2v) is 10.9. The second kappa shape index (κ2) is 11.9. The number of carboxylic acids is 1. The van der Waals surface area contributed by atoms with E-state index in [-0.39, 0.29) is 0 Å². The van der Waals surface area contributed by atoms with Gasteiger partial charge in [0.25, 0.3) is 0 Å². The molecule has 8 heteroatoms. The fraction of sp³-hybridized carbons (Fsp3) is 0.333. The Morgan fingerprint density at radius 2 is 1.61 bits per heavy atom. The highest BCUT2D eigenvalue weighted by molar-refractivity contribution is 6.30. The Morgan fingerprint density at radius 3 is 2.21 bits per heavy atom. The zero-order chi connectivity index (χ0) is 27.3. The Balaban J connectivity index is 1.46. The number of rotatable bonds is 7. The number of carboxylic acid groups (broad SMARTS) is 1. The minimum Gasteiger partial charge on any atom is -0.478 e. The van der Waals surface area contributed by atoms with Gasteiger partial charge < -0.3 is 20.1 Å². The summed E-state index contributed by atoms with van der Waals surface area (Å²) >= 11 is 6.13. The van der Waals surface area contributed by atoms with E-state index in [2.05, 4.69) is 27.2 Å². The molecule has 0 atom stereocenters. The van der Waals surface area contributed by atoms with Gasteiger partial charge in [0.15, 0.2) is 0 Å². The van der Waals surface area contributed by atoms with Gasteiger partial charge in [-0.05, 0) is 79.4 Å². The molecule has 1 amide bonds. The number of carbonyl (C=O) groups is 2. The molecule has 7 nitrogen and oxygen atoms in total. The molecule has 1 aliphatic heterocycles. The van der Waals surface area contributed by atoms with Gasteiger partial charge >= 0.3 is 12.1 Å². The molecule has 0 saturated carbocycles. The lowest BCUT2D eigenvalue weighted by molar-refractivity contribution is 0.0523. The highest BCUT2D eigenvalue weighted by Gasteiger charge is 2.20. The van der Waals surface area contributed by atoms with Crippen molar-refractivity contribution in [1.82, 2.24) is 10.2 Å². The zero-order valence-corrected chi connectivity index (χ0v) is 22.8. The van der Waals surface area contributed by atoms with Crippen molar-refractivity contribution >= 4 is 29.4 Å². The number of ether oxygens (including phenoxy) is 1. The summed E-state index contributed by atoms with van der Waals surface area (Å²) in [5.74, 6) is -0.915. The third kappa shape index (κ3) is 7.49. The van der Waals surface area contributed by atoms with Gasteiger partial charge in [0, 0.05) is 50.0 Å². The van der Waals surface area contributed by atoms with E-state index in [1.54, 1.807) is 12.1 Å². The Kier molecular flexibility index (Phi) is 8.59. The first-order chi connectivity index (χ1) is 18.1. The molecule has 0 unspecified atom stereocenters. The summed E-state index contributed by atoms with van der Waals surface area (Å²) in [5, 5.41) is 12.7. The number of nitrogens with zero attached hydrogens (tertiary/aromatic N) is 2. The van der Waals surface area contributed by atoms with E-state index in [9.17, 15) is 9.59 Å². The monoisotopic (exact) mass is 535 g/mol. The number of hydrogen-bond acceptors (Lipinski definition) is 5. The number of halogens is 1. The molecule has 3 aromatic rings. The van der Waals surface area contributed by atoms with Crippen molar-refractivity contribution < 1.29 is 19.4 Å². The maximum absolute atomic E-state index is 12.2. The first kappa shape index (κ1) is 27.5. The summed E-state index contributed by atoms with van der Waals surface area (Å²) in [6, 6.07) is 21.2. The molecule has 0 aliphatic carbocycles. The number of benzene rings is 3. The molecule has 38 heavy (non-hydrogen) atoms. The number of anilines is 1. The van der Waals surface area contributed by atoms with E-state index in [0.717, 1.165) is 55.1 Å². The topological polar surface area (TPSA) is 82.1 Å². The predicted octanol–water partition coefficient (Wildman–Crippen LogP) is 6.05. The summed E-state index contributed by atoms with van der Waals surface area (Å²) in [4.78, 5) is 28.0. The summed E-state index contributed by atoms with van der Waals surface area (Å²) in [5.41, 5.74) is 5.18. The predicted molar refractivity (Wildman–Crippen MR) is 151 cm³/mol. The van der Waals surface area contributed by atoms with Gasteiger partial charge in [-0.1, -0.05) is 41.9 Å². The Bertz CT molecular complexity index is 1260. The molecule has 0 bridgehead atoms. The van der Waals surface area contributed by atoms with Crippen molar-refractivity contribution in [2.24, 2.45) is 0 Å². The maximum Gasteiger partial charge on any atom is 0.407 e. The van der Waals surface area contributed by atoms with Crippen molar-refractivity contribution in [2.75, 3.05) is 31.1 Å². The number of piperazine rings is 1. The van der Waals surface area contributed by atoms with E-state index in [0.29, 0.717) is 17.1 Å². The number of hydrogen-bond donors (Lipinski definition) is 2. The first-order valence-corrected chi connectivity index (χ1v) is 13.1. The standard InChI is InChI=1S/C30H34ClN3O4/c1-30(2,3)38-29(37)32-19-21-4-13-27(22-5-9-25(31)10-6-22)24(18-21)20-33-14-16-34(17-15-33)26-11-7-23(8-12-26)28(35)36/h4-13,18H,14-17,19-20H2,1-3H3,(H,32,37)(H,35,36). The third-order valence-electron chi connectivity index (χ3n) is 6.41. The molecule has 200 valence electrons. The minimum atomic E-state index is -0.915. The smallest absolute Gasteiger partial charge is 0.407 e. The Labute approximate surface area is 229 Å². The van der Waals surface area contributed by atoms with Crippen molar-refractivity contribution in [3.8, 4) is 11.1 Å². The lowest BCUT2D eigenvalue weighted by Gasteiger charge is -2.36. The van der Waals surface area contributed by atoms with Gasteiger partial charge in [-0.2, -0.15) is 0 Å². The average Bonchev–Trinajstić information content (AvgIpc) is 2.88. The van der Waals surface area contributed by atoms with Crippen molar-refractivity contribution in [3.05, 3.63) is 88.4 Å². The van der Waals surface area contributed by atoms with E-state index in [1.165, 1.54) is 5.56 Å². The summed E-state index contributed by atoms with van der Waals surface area (Å²) < 4.78 is 5.38. The molecule has 1 aliphatic rings. The summed E-state index contributed by atoms with van der Waals surface area (Å²) in [6.07, 6.45) is -0.437. The van der Waals surface area contributed by atoms with Gasteiger partial charge in [-0.3, -0.25) is 4.90 Å². The van der Waals surface area contributed by atoms with Crippen LogP contribution in [0.15, 0.2) is 66.7 Å². The van der Waals surface area contributed by atoms with Gasteiger partial charge in [-0.25, -0.2) is 9.59 Å². The van der Waals surface area contributed by atoms with Crippen LogP contribution in [0.1, 0.15) is 42.3 Å². The van der Waals surface area contributed by atoms with Crippen LogP contribution in [0.3, 0.4) is 0 Å². The maximum atomic E-state index is 12.2. The van der Waals surface area contributed by atoms with Crippen molar-refractivity contribution in [1.29, 1.82) is 0 Å². The molecular formula is C30H34ClN3O4. The molecule has 4 rings (SSSR count). The SMILES string of the molecule is CC(C)(C)OC(=O)NCc1ccc(-c2ccc(Cl)cc2)c(CN2CCN(c3ccc(C(=O)O)cc3)CC2)c1. The molecule has 3 aromatic carbocycles. The third-order valence-corrected chi connectivity index (χ3v) is 6.66. The summed E-state index contributed by atoms with van der Waals surface area (Å²) in [7, 11) is 0. The minimum absolute atomic E-state index is 0.295. The largest absolute Gasteiger partial charge is 0.478 e. The van der Waals surface area contributed by atoms with E-state index >= 15 is 0 Å². The van der Waals surface area contributed by atoms with Crippen LogP contribution in [-0.4, -0.2) is 53.8 Å². The van der Waals surface area contributed by atoms with Crippen LogP contribution in [0.4, 0.5) is 10.5 Å². The fourth-order valence-corrected chi connectivity index (χ4v) is 4.63. The van der Waals surface area contributed by atoms with Gasteiger partial charge in [0.2, 0.25) is 0 Å². The zero-order valence-electron chi connectivity index (χ0n) is 22.0. The molecule has 0 aromatic heterocycles.